The van der Waals surface area contributed by atoms with Crippen molar-refractivity contribution in [3.63, 3.8) is 0 Å². The number of carbonyl (C=O) groups is 2. The molecule has 0 fully saturated rings. The Labute approximate surface area is 142 Å². The number of benzene rings is 2. The van der Waals surface area contributed by atoms with Gasteiger partial charge in [-0.1, -0.05) is 28.1 Å². The van der Waals surface area contributed by atoms with Crippen LogP contribution in [0.15, 0.2) is 52.5 Å². The summed E-state index contributed by atoms with van der Waals surface area (Å²) in [5, 5.41) is 2.71. The molecule has 0 atom stereocenters. The second kappa shape index (κ2) is 6.38. The third-order valence-corrected chi connectivity index (χ3v) is 3.93. The lowest BCUT2D eigenvalue weighted by molar-refractivity contribution is -0.114. The first-order valence-corrected chi connectivity index (χ1v) is 7.87. The maximum absolute atomic E-state index is 12.6. The molecule has 0 saturated carbocycles. The molecule has 0 aromatic heterocycles. The fourth-order valence-electron chi connectivity index (χ4n) is 2.37. The number of Topliss-reactive ketones (excluding diaryl/α,β-unsaturated/α-hetero) is 1. The number of rotatable bonds is 2. The van der Waals surface area contributed by atoms with E-state index in [1.807, 2.05) is 24.3 Å². The summed E-state index contributed by atoms with van der Waals surface area (Å²) in [6.07, 6.45) is 1.81. The van der Waals surface area contributed by atoms with Crippen LogP contribution in [0, 0.1) is 0 Å². The van der Waals surface area contributed by atoms with Crippen molar-refractivity contribution in [3.05, 3.63) is 63.6 Å². The summed E-state index contributed by atoms with van der Waals surface area (Å²) in [4.78, 5) is 23.6. The molecule has 116 valence electrons. The van der Waals surface area contributed by atoms with Gasteiger partial charge < -0.3 is 10.1 Å². The zero-order chi connectivity index (χ0) is 16.4. The number of amides is 1. The Bertz CT molecular complexity index is 810. The van der Waals surface area contributed by atoms with Crippen molar-refractivity contribution >= 4 is 39.4 Å². The van der Waals surface area contributed by atoms with Crippen LogP contribution in [0.2, 0.25) is 0 Å². The maximum atomic E-state index is 12.6. The van der Waals surface area contributed by atoms with Crippen molar-refractivity contribution in [2.45, 2.75) is 6.92 Å². The quantitative estimate of drug-likeness (QED) is 0.809. The molecule has 1 N–H and O–H groups in total. The topological polar surface area (TPSA) is 55.4 Å². The SMILES string of the molecule is CC(=O)Nc1ccc(/C=C2/COc3ccc(Br)cc3C2=O)cc1. The molecule has 0 aliphatic carbocycles. The summed E-state index contributed by atoms with van der Waals surface area (Å²) < 4.78 is 6.48. The van der Waals surface area contributed by atoms with Gasteiger partial charge in [0.25, 0.3) is 0 Å². The Morgan fingerprint density at radius 2 is 1.96 bits per heavy atom. The van der Waals surface area contributed by atoms with E-state index in [4.69, 9.17) is 4.74 Å². The minimum absolute atomic E-state index is 0.0292. The minimum Gasteiger partial charge on any atom is -0.488 e. The highest BCUT2D eigenvalue weighted by Gasteiger charge is 2.23. The summed E-state index contributed by atoms with van der Waals surface area (Å²) in [6, 6.07) is 12.7. The van der Waals surface area contributed by atoms with Crippen LogP contribution in [0.5, 0.6) is 5.75 Å². The predicted octanol–water partition coefficient (Wildman–Crippen LogP) is 4.07. The molecule has 1 amide bonds. The Morgan fingerprint density at radius 3 is 2.65 bits per heavy atom. The van der Waals surface area contributed by atoms with Gasteiger partial charge in [-0.25, -0.2) is 0 Å². The first kappa shape index (κ1) is 15.5. The number of halogens is 1. The van der Waals surface area contributed by atoms with E-state index in [0.717, 1.165) is 15.7 Å². The van der Waals surface area contributed by atoms with Gasteiger partial charge in [0, 0.05) is 22.7 Å². The molecule has 0 radical (unpaired) electrons. The zero-order valence-corrected chi connectivity index (χ0v) is 14.0. The van der Waals surface area contributed by atoms with Crippen LogP contribution in [-0.4, -0.2) is 18.3 Å². The van der Waals surface area contributed by atoms with Crippen LogP contribution < -0.4 is 10.1 Å². The number of ketones is 1. The summed E-state index contributed by atoms with van der Waals surface area (Å²) in [6.45, 7) is 1.71. The molecular weight excluding hydrogens is 358 g/mol. The van der Waals surface area contributed by atoms with Gasteiger partial charge in [0.15, 0.2) is 5.78 Å². The maximum Gasteiger partial charge on any atom is 0.221 e. The molecule has 2 aromatic carbocycles. The molecule has 0 spiro atoms. The lowest BCUT2D eigenvalue weighted by atomic mass is 9.98. The van der Waals surface area contributed by atoms with Crippen LogP contribution in [0.1, 0.15) is 22.8 Å². The van der Waals surface area contributed by atoms with Crippen molar-refractivity contribution in [2.24, 2.45) is 0 Å². The molecule has 0 bridgehead atoms. The molecule has 0 saturated heterocycles. The van der Waals surface area contributed by atoms with Crippen LogP contribution in [0.3, 0.4) is 0 Å². The average Bonchev–Trinajstić information content (AvgIpc) is 2.52. The van der Waals surface area contributed by atoms with Crippen molar-refractivity contribution in [1.82, 2.24) is 0 Å². The second-order valence-electron chi connectivity index (χ2n) is 5.23. The largest absolute Gasteiger partial charge is 0.488 e. The molecule has 0 unspecified atom stereocenters. The standard InChI is InChI=1S/C18H14BrNO3/c1-11(21)20-15-5-2-12(3-6-15)8-13-10-23-17-7-4-14(19)9-16(17)18(13)22/h2-9H,10H2,1H3,(H,20,21)/b13-8-. The predicted molar refractivity (Wildman–Crippen MR) is 92.7 cm³/mol. The number of anilines is 1. The fourth-order valence-corrected chi connectivity index (χ4v) is 2.73. The molecule has 5 heteroatoms. The summed E-state index contributed by atoms with van der Waals surface area (Å²) in [5.41, 5.74) is 2.76. The Balaban J connectivity index is 1.86. The molecule has 1 heterocycles. The average molecular weight is 372 g/mol. The number of fused-ring (bicyclic) bond motifs is 1. The molecule has 4 nitrogen and oxygen atoms in total. The number of carbonyl (C=O) groups excluding carboxylic acids is 2. The zero-order valence-electron chi connectivity index (χ0n) is 12.4. The Hall–Kier alpha value is -2.40. The van der Waals surface area contributed by atoms with Crippen LogP contribution in [-0.2, 0) is 4.79 Å². The van der Waals surface area contributed by atoms with E-state index in [-0.39, 0.29) is 18.3 Å². The first-order valence-electron chi connectivity index (χ1n) is 7.08. The van der Waals surface area contributed by atoms with E-state index in [1.54, 1.807) is 24.3 Å². The Kier molecular flexibility index (Phi) is 4.30. The molecule has 23 heavy (non-hydrogen) atoms. The molecule has 1 aliphatic rings. The van der Waals surface area contributed by atoms with Gasteiger partial charge in [0.1, 0.15) is 12.4 Å². The van der Waals surface area contributed by atoms with Crippen molar-refractivity contribution < 1.29 is 14.3 Å². The van der Waals surface area contributed by atoms with E-state index in [9.17, 15) is 9.59 Å². The van der Waals surface area contributed by atoms with Gasteiger partial charge in [0.05, 0.1) is 5.56 Å². The van der Waals surface area contributed by atoms with E-state index >= 15 is 0 Å². The van der Waals surface area contributed by atoms with Gasteiger partial charge in [-0.3, -0.25) is 9.59 Å². The first-order chi connectivity index (χ1) is 11.0. The number of ether oxygens (including phenoxy) is 1. The van der Waals surface area contributed by atoms with Crippen LogP contribution in [0.4, 0.5) is 5.69 Å². The van der Waals surface area contributed by atoms with E-state index < -0.39 is 0 Å². The third-order valence-electron chi connectivity index (χ3n) is 3.43. The number of hydrogen-bond donors (Lipinski definition) is 1. The lowest BCUT2D eigenvalue weighted by Gasteiger charge is -2.19. The lowest BCUT2D eigenvalue weighted by Crippen LogP contribution is -2.19. The van der Waals surface area contributed by atoms with E-state index in [2.05, 4.69) is 21.2 Å². The van der Waals surface area contributed by atoms with E-state index in [0.29, 0.717) is 16.9 Å². The number of nitrogens with one attached hydrogen (secondary N) is 1. The van der Waals surface area contributed by atoms with Crippen molar-refractivity contribution in [1.29, 1.82) is 0 Å². The van der Waals surface area contributed by atoms with Crippen LogP contribution in [0.25, 0.3) is 6.08 Å². The van der Waals surface area contributed by atoms with Crippen molar-refractivity contribution in [3.8, 4) is 5.75 Å². The molecule has 3 rings (SSSR count). The van der Waals surface area contributed by atoms with Gasteiger partial charge >= 0.3 is 0 Å². The molecule has 2 aromatic rings. The minimum atomic E-state index is -0.117. The molecular formula is C18H14BrNO3. The fraction of sp³-hybridized carbons (Fsp3) is 0.111. The summed E-state index contributed by atoms with van der Waals surface area (Å²) in [5.74, 6) is 0.462. The van der Waals surface area contributed by atoms with Gasteiger partial charge in [0.2, 0.25) is 5.91 Å². The van der Waals surface area contributed by atoms with E-state index in [1.165, 1.54) is 6.92 Å². The monoisotopic (exact) mass is 371 g/mol. The van der Waals surface area contributed by atoms with Crippen LogP contribution >= 0.6 is 15.9 Å². The van der Waals surface area contributed by atoms with Gasteiger partial charge in [-0.2, -0.15) is 0 Å². The third kappa shape index (κ3) is 3.51. The highest BCUT2D eigenvalue weighted by molar-refractivity contribution is 9.10. The summed E-state index contributed by atoms with van der Waals surface area (Å²) in [7, 11) is 0. The van der Waals surface area contributed by atoms with Gasteiger partial charge in [-0.15, -0.1) is 0 Å². The smallest absolute Gasteiger partial charge is 0.221 e. The molecule has 1 aliphatic heterocycles. The highest BCUT2D eigenvalue weighted by atomic mass is 79.9. The normalized spacial score (nSPS) is 15.0. The summed E-state index contributed by atoms with van der Waals surface area (Å²) >= 11 is 3.37. The second-order valence-corrected chi connectivity index (χ2v) is 6.15. The Morgan fingerprint density at radius 1 is 1.22 bits per heavy atom. The van der Waals surface area contributed by atoms with Gasteiger partial charge in [-0.05, 0) is 42.0 Å². The number of hydrogen-bond acceptors (Lipinski definition) is 3. The van der Waals surface area contributed by atoms with Crippen molar-refractivity contribution in [2.75, 3.05) is 11.9 Å². The highest BCUT2D eigenvalue weighted by Crippen LogP contribution is 2.30.